The average Bonchev–Trinajstić information content (AvgIpc) is 2.10. The molecular weight excluding hydrogens is 303 g/mol. The standard InChI is InChI=1S/3C5H7O2.Al/c3*1-4(6)3-5(2)7;/h3*1,3H2,2H3;/q3*-1;+3. The molecule has 0 unspecified atom stereocenters. The first-order valence-corrected chi connectivity index (χ1v) is 5.91. The average molecular weight is 324 g/mol. The molecule has 0 aliphatic heterocycles. The summed E-state index contributed by atoms with van der Waals surface area (Å²) in [6, 6.07) is 0. The second kappa shape index (κ2) is 17.2. The van der Waals surface area contributed by atoms with Crippen LogP contribution < -0.4 is 0 Å². The smallest absolute Gasteiger partial charge is 0.339 e. The van der Waals surface area contributed by atoms with Gasteiger partial charge in [0.1, 0.15) is 17.3 Å². The zero-order chi connectivity index (χ0) is 17.6. The zero-order valence-corrected chi connectivity index (χ0v) is 14.4. The van der Waals surface area contributed by atoms with Crippen molar-refractivity contribution < 1.29 is 28.8 Å². The van der Waals surface area contributed by atoms with Gasteiger partial charge in [-0.3, -0.25) is 14.4 Å². The summed E-state index contributed by atoms with van der Waals surface area (Å²) in [5.41, 5.74) is 0. The molecule has 0 spiro atoms. The molecule has 6 nitrogen and oxygen atoms in total. The van der Waals surface area contributed by atoms with Crippen LogP contribution in [0, 0.1) is 20.8 Å². The summed E-state index contributed by atoms with van der Waals surface area (Å²) in [6.07, 6.45) is -0.0833. The Labute approximate surface area is 142 Å². The van der Waals surface area contributed by atoms with Crippen LogP contribution in [0.2, 0.25) is 0 Å². The minimum Gasteiger partial charge on any atom is -0.339 e. The minimum atomic E-state index is -0.312. The van der Waals surface area contributed by atoms with E-state index in [1.54, 1.807) is 0 Å². The third kappa shape index (κ3) is 51.8. The van der Waals surface area contributed by atoms with Crippen LogP contribution in [0.1, 0.15) is 40.0 Å². The fourth-order valence-corrected chi connectivity index (χ4v) is 0.833. The second-order valence-corrected chi connectivity index (χ2v) is 4.25. The SMILES string of the molecule is [Al+3].[CH2-]C(=O)CC(C)=O.[CH2-]C(=O)CC(C)=O.[CH2-]C(=O)CC(C)=O. The molecule has 0 aromatic carbocycles. The van der Waals surface area contributed by atoms with Crippen LogP contribution in [0.3, 0.4) is 0 Å². The van der Waals surface area contributed by atoms with Crippen molar-refractivity contribution in [1.29, 1.82) is 0 Å². The van der Waals surface area contributed by atoms with Crippen LogP contribution in [0.15, 0.2) is 0 Å². The van der Waals surface area contributed by atoms with Crippen molar-refractivity contribution in [2.45, 2.75) is 40.0 Å². The van der Waals surface area contributed by atoms with Crippen LogP contribution in [0.4, 0.5) is 0 Å². The monoisotopic (exact) mass is 324 g/mol. The Kier molecular flexibility index (Phi) is 22.2. The van der Waals surface area contributed by atoms with E-state index in [1.165, 1.54) is 20.8 Å². The molecule has 120 valence electrons. The maximum Gasteiger partial charge on any atom is 3.00 e. The van der Waals surface area contributed by atoms with Crippen molar-refractivity contribution in [3.63, 3.8) is 0 Å². The Morgan fingerprint density at radius 2 is 0.682 bits per heavy atom. The van der Waals surface area contributed by atoms with Gasteiger partial charge in [-0.2, -0.15) is 0 Å². The summed E-state index contributed by atoms with van der Waals surface area (Å²) in [4.78, 5) is 59.7. The van der Waals surface area contributed by atoms with E-state index in [9.17, 15) is 28.8 Å². The van der Waals surface area contributed by atoms with Crippen molar-refractivity contribution in [3.8, 4) is 0 Å². The van der Waals surface area contributed by atoms with Gasteiger partial charge in [0.15, 0.2) is 0 Å². The van der Waals surface area contributed by atoms with Crippen molar-refractivity contribution in [2.24, 2.45) is 0 Å². The van der Waals surface area contributed by atoms with E-state index in [0.717, 1.165) is 0 Å². The molecule has 0 aliphatic rings. The Hall–Kier alpha value is -1.84. The Morgan fingerprint density at radius 1 is 0.545 bits per heavy atom. The summed E-state index contributed by atoms with van der Waals surface area (Å²) in [6.45, 7) is 13.1. The Balaban J connectivity index is -0.000000108. The van der Waals surface area contributed by atoms with Crippen molar-refractivity contribution in [2.75, 3.05) is 0 Å². The van der Waals surface area contributed by atoms with E-state index in [2.05, 4.69) is 20.8 Å². The third-order valence-corrected chi connectivity index (χ3v) is 1.34. The van der Waals surface area contributed by atoms with Gasteiger partial charge in [-0.25, -0.2) is 0 Å². The van der Waals surface area contributed by atoms with Crippen LogP contribution in [-0.4, -0.2) is 52.1 Å². The van der Waals surface area contributed by atoms with Crippen LogP contribution in [0.5, 0.6) is 0 Å². The van der Waals surface area contributed by atoms with Crippen molar-refractivity contribution in [3.05, 3.63) is 20.8 Å². The largest absolute Gasteiger partial charge is 3.00 e. The van der Waals surface area contributed by atoms with E-state index in [0.29, 0.717) is 0 Å². The Bertz CT molecular complexity index is 314. The van der Waals surface area contributed by atoms with Gasteiger partial charge in [0.2, 0.25) is 0 Å². The zero-order valence-electron chi connectivity index (χ0n) is 13.3. The first kappa shape index (κ1) is 28.3. The fourth-order valence-electron chi connectivity index (χ4n) is 0.833. The minimum absolute atomic E-state index is 0. The first-order chi connectivity index (χ1) is 9.38. The van der Waals surface area contributed by atoms with E-state index in [4.69, 9.17) is 0 Å². The van der Waals surface area contributed by atoms with Gasteiger partial charge in [0, 0.05) is 36.6 Å². The molecule has 0 saturated heterocycles. The quantitative estimate of drug-likeness (QED) is 0.405. The van der Waals surface area contributed by atoms with Crippen molar-refractivity contribution in [1.82, 2.24) is 0 Å². The molecule has 0 atom stereocenters. The molecule has 0 rings (SSSR count). The van der Waals surface area contributed by atoms with Gasteiger partial charge >= 0.3 is 17.4 Å². The van der Waals surface area contributed by atoms with E-state index < -0.39 is 0 Å². The van der Waals surface area contributed by atoms with Gasteiger partial charge in [0.05, 0.1) is 0 Å². The number of carbonyl (C=O) groups excluding carboxylic acids is 6. The van der Waals surface area contributed by atoms with Gasteiger partial charge in [-0.15, -0.1) is 0 Å². The summed E-state index contributed by atoms with van der Waals surface area (Å²) >= 11 is 0. The molecule has 0 aliphatic carbocycles. The van der Waals surface area contributed by atoms with Gasteiger partial charge in [-0.1, -0.05) is 0 Å². The van der Waals surface area contributed by atoms with Crippen LogP contribution in [-0.2, 0) is 28.8 Å². The van der Waals surface area contributed by atoms with Gasteiger partial charge in [-0.05, 0) is 20.8 Å². The number of carbonyl (C=O) groups is 6. The molecule has 0 saturated carbocycles. The second-order valence-electron chi connectivity index (χ2n) is 4.25. The van der Waals surface area contributed by atoms with E-state index in [-0.39, 0.29) is 71.3 Å². The normalized spacial score (nSPS) is 7.77. The maximum atomic E-state index is 9.99. The molecule has 22 heavy (non-hydrogen) atoms. The third-order valence-electron chi connectivity index (χ3n) is 1.34. The molecule has 0 bridgehead atoms. The molecular formula is C15H21AlO6. The van der Waals surface area contributed by atoms with Gasteiger partial charge in [0.25, 0.3) is 0 Å². The van der Waals surface area contributed by atoms with E-state index in [1.807, 2.05) is 0 Å². The van der Waals surface area contributed by atoms with Crippen LogP contribution in [0.25, 0.3) is 0 Å². The number of Topliss-reactive ketones (excluding diaryl/α,β-unsaturated/α-hetero) is 6. The summed E-state index contributed by atoms with van der Waals surface area (Å²) < 4.78 is 0. The summed E-state index contributed by atoms with van der Waals surface area (Å²) in [5, 5.41) is 0. The van der Waals surface area contributed by atoms with E-state index >= 15 is 0 Å². The molecule has 0 heterocycles. The predicted molar refractivity (Wildman–Crippen MR) is 82.7 cm³/mol. The molecule has 0 aromatic rings. The molecule has 0 aromatic heterocycles. The predicted octanol–water partition coefficient (Wildman–Crippen LogP) is 0.725. The number of rotatable bonds is 6. The summed E-state index contributed by atoms with van der Waals surface area (Å²) in [7, 11) is 0. The molecule has 0 N–H and O–H groups in total. The number of hydrogen-bond donors (Lipinski definition) is 0. The van der Waals surface area contributed by atoms with Crippen LogP contribution >= 0.6 is 0 Å². The van der Waals surface area contributed by atoms with Crippen molar-refractivity contribution >= 4 is 52.1 Å². The Morgan fingerprint density at radius 3 is 0.682 bits per heavy atom. The topological polar surface area (TPSA) is 102 Å². The first-order valence-electron chi connectivity index (χ1n) is 5.91. The molecule has 7 heteroatoms. The number of hydrogen-bond acceptors (Lipinski definition) is 6. The fraction of sp³-hybridized carbons (Fsp3) is 0.400. The summed E-state index contributed by atoms with van der Waals surface area (Å²) in [5.74, 6) is -1.31. The molecule has 0 radical (unpaired) electrons. The maximum absolute atomic E-state index is 9.99. The number of ketones is 6. The molecule has 0 amide bonds. The molecule has 0 fully saturated rings. The van der Waals surface area contributed by atoms with Gasteiger partial charge < -0.3 is 35.2 Å².